The number of carbonyl (C=O) groups is 1. The van der Waals surface area contributed by atoms with Crippen LogP contribution in [-0.2, 0) is 9.53 Å². The van der Waals surface area contributed by atoms with Gasteiger partial charge < -0.3 is 20.5 Å². The highest BCUT2D eigenvalue weighted by Gasteiger charge is 2.02. The lowest BCUT2D eigenvalue weighted by Gasteiger charge is -2.06. The van der Waals surface area contributed by atoms with Gasteiger partial charge in [0.15, 0.2) is 0 Å². The maximum absolute atomic E-state index is 11.4. The maximum Gasteiger partial charge on any atom is 0.250 e. The largest absolute Gasteiger partial charge is 0.478 e. The summed E-state index contributed by atoms with van der Waals surface area (Å²) in [6.07, 6.45) is 1.53. The number of hydrogen-bond donors (Lipinski definition) is 2. The Morgan fingerprint density at radius 2 is 2.35 bits per heavy atom. The molecule has 94 valence electrons. The molecule has 1 aromatic heterocycles. The fourth-order valence-electron chi connectivity index (χ4n) is 1.13. The Labute approximate surface area is 100 Å². The van der Waals surface area contributed by atoms with Crippen molar-refractivity contribution < 1.29 is 14.3 Å². The summed E-state index contributed by atoms with van der Waals surface area (Å²) >= 11 is 0. The van der Waals surface area contributed by atoms with E-state index in [2.05, 4.69) is 10.3 Å². The summed E-state index contributed by atoms with van der Waals surface area (Å²) in [5.41, 5.74) is 5.84. The van der Waals surface area contributed by atoms with Gasteiger partial charge in [0.1, 0.15) is 6.61 Å². The summed E-state index contributed by atoms with van der Waals surface area (Å²) in [7, 11) is 0. The minimum absolute atomic E-state index is 0.00951. The molecule has 0 bridgehead atoms. The average molecular weight is 239 g/mol. The van der Waals surface area contributed by atoms with Crippen LogP contribution in [0.4, 0.5) is 5.69 Å². The van der Waals surface area contributed by atoms with Crippen molar-refractivity contribution in [2.45, 2.75) is 6.92 Å². The minimum atomic E-state index is -0.232. The second-order valence-electron chi connectivity index (χ2n) is 3.21. The first-order chi connectivity index (χ1) is 8.26. The third-order valence-corrected chi connectivity index (χ3v) is 1.81. The van der Waals surface area contributed by atoms with Crippen LogP contribution in [0.3, 0.4) is 0 Å². The zero-order valence-electron chi connectivity index (χ0n) is 9.81. The van der Waals surface area contributed by atoms with E-state index in [9.17, 15) is 4.79 Å². The molecule has 0 fully saturated rings. The van der Waals surface area contributed by atoms with Crippen molar-refractivity contribution in [2.75, 3.05) is 31.7 Å². The maximum atomic E-state index is 11.4. The molecule has 0 aliphatic rings. The molecule has 6 nitrogen and oxygen atoms in total. The summed E-state index contributed by atoms with van der Waals surface area (Å²) in [4.78, 5) is 15.4. The number of aromatic nitrogens is 1. The second kappa shape index (κ2) is 7.59. The van der Waals surface area contributed by atoms with Gasteiger partial charge in [0, 0.05) is 12.6 Å². The molecule has 0 aromatic carbocycles. The van der Waals surface area contributed by atoms with Crippen molar-refractivity contribution in [1.29, 1.82) is 0 Å². The monoisotopic (exact) mass is 239 g/mol. The number of rotatable bonds is 7. The SMILES string of the molecule is CCOc1ccc(NC(=O)COCCN)cn1. The average Bonchev–Trinajstić information content (AvgIpc) is 2.32. The zero-order valence-corrected chi connectivity index (χ0v) is 9.81. The van der Waals surface area contributed by atoms with Gasteiger partial charge in [-0.05, 0) is 13.0 Å². The number of nitrogens with one attached hydrogen (secondary N) is 1. The van der Waals surface area contributed by atoms with Gasteiger partial charge in [0.05, 0.1) is 25.1 Å². The molecule has 0 radical (unpaired) electrons. The van der Waals surface area contributed by atoms with Crippen LogP contribution in [0.2, 0.25) is 0 Å². The van der Waals surface area contributed by atoms with E-state index in [-0.39, 0.29) is 12.5 Å². The van der Waals surface area contributed by atoms with Crippen LogP contribution < -0.4 is 15.8 Å². The quantitative estimate of drug-likeness (QED) is 0.672. The molecule has 1 amide bonds. The fourth-order valence-corrected chi connectivity index (χ4v) is 1.13. The van der Waals surface area contributed by atoms with E-state index in [4.69, 9.17) is 15.2 Å². The van der Waals surface area contributed by atoms with Crippen LogP contribution in [0, 0.1) is 0 Å². The highest BCUT2D eigenvalue weighted by atomic mass is 16.5. The molecule has 6 heteroatoms. The van der Waals surface area contributed by atoms with Crippen LogP contribution in [0.1, 0.15) is 6.92 Å². The molecule has 0 atom stereocenters. The van der Waals surface area contributed by atoms with Crippen LogP contribution in [0.5, 0.6) is 5.88 Å². The Morgan fingerprint density at radius 1 is 1.53 bits per heavy atom. The van der Waals surface area contributed by atoms with Crippen molar-refractivity contribution in [3.8, 4) is 5.88 Å². The second-order valence-corrected chi connectivity index (χ2v) is 3.21. The Balaban J connectivity index is 2.37. The standard InChI is InChI=1S/C11H17N3O3/c1-2-17-11-4-3-9(7-13-11)14-10(15)8-16-6-5-12/h3-4,7H,2,5-6,8,12H2,1H3,(H,14,15). The Morgan fingerprint density at radius 3 is 2.94 bits per heavy atom. The summed E-state index contributed by atoms with van der Waals surface area (Å²) in [5.74, 6) is 0.300. The van der Waals surface area contributed by atoms with E-state index in [1.165, 1.54) is 6.20 Å². The molecule has 3 N–H and O–H groups in total. The van der Waals surface area contributed by atoms with Crippen LogP contribution in [-0.4, -0.2) is 37.3 Å². The number of carbonyl (C=O) groups excluding carboxylic acids is 1. The molecule has 0 saturated heterocycles. The predicted molar refractivity (Wildman–Crippen MR) is 63.9 cm³/mol. The van der Waals surface area contributed by atoms with E-state index in [1.807, 2.05) is 6.92 Å². The number of nitrogens with two attached hydrogens (primary N) is 1. The number of ether oxygens (including phenoxy) is 2. The number of hydrogen-bond acceptors (Lipinski definition) is 5. The first-order valence-electron chi connectivity index (χ1n) is 5.42. The molecule has 1 aromatic rings. The van der Waals surface area contributed by atoms with Gasteiger partial charge in [0.25, 0.3) is 0 Å². The Kier molecular flexibility index (Phi) is 5.98. The van der Waals surface area contributed by atoms with E-state index < -0.39 is 0 Å². The number of amides is 1. The molecule has 0 unspecified atom stereocenters. The lowest BCUT2D eigenvalue weighted by molar-refractivity contribution is -0.120. The fraction of sp³-hybridized carbons (Fsp3) is 0.455. The molecular formula is C11H17N3O3. The van der Waals surface area contributed by atoms with Gasteiger partial charge in [0.2, 0.25) is 11.8 Å². The van der Waals surface area contributed by atoms with E-state index >= 15 is 0 Å². The molecule has 0 spiro atoms. The predicted octanol–water partition coefficient (Wildman–Crippen LogP) is 0.394. The topological polar surface area (TPSA) is 86.5 Å². The molecule has 1 rings (SSSR count). The highest BCUT2D eigenvalue weighted by Crippen LogP contribution is 2.11. The van der Waals surface area contributed by atoms with Gasteiger partial charge in [-0.2, -0.15) is 0 Å². The van der Waals surface area contributed by atoms with Crippen molar-refractivity contribution in [3.63, 3.8) is 0 Å². The molecule has 0 saturated carbocycles. The van der Waals surface area contributed by atoms with Gasteiger partial charge >= 0.3 is 0 Å². The zero-order chi connectivity index (χ0) is 12.5. The van der Waals surface area contributed by atoms with Crippen LogP contribution in [0.15, 0.2) is 18.3 Å². The Hall–Kier alpha value is -1.66. The number of pyridine rings is 1. The first kappa shape index (κ1) is 13.4. The number of nitrogens with zero attached hydrogens (tertiary/aromatic N) is 1. The summed E-state index contributed by atoms with van der Waals surface area (Å²) in [6.45, 7) is 3.20. The van der Waals surface area contributed by atoms with Crippen LogP contribution in [0.25, 0.3) is 0 Å². The van der Waals surface area contributed by atoms with E-state index in [1.54, 1.807) is 12.1 Å². The lowest BCUT2D eigenvalue weighted by atomic mass is 10.4. The van der Waals surface area contributed by atoms with E-state index in [0.29, 0.717) is 31.3 Å². The molecule has 0 aliphatic carbocycles. The molecule has 17 heavy (non-hydrogen) atoms. The van der Waals surface area contributed by atoms with Crippen molar-refractivity contribution >= 4 is 11.6 Å². The van der Waals surface area contributed by atoms with Crippen molar-refractivity contribution in [3.05, 3.63) is 18.3 Å². The summed E-state index contributed by atoms with van der Waals surface area (Å²) in [6, 6.07) is 3.42. The lowest BCUT2D eigenvalue weighted by Crippen LogP contribution is -2.20. The third-order valence-electron chi connectivity index (χ3n) is 1.81. The third kappa shape index (κ3) is 5.28. The normalized spacial score (nSPS) is 10.0. The van der Waals surface area contributed by atoms with Gasteiger partial charge in [-0.15, -0.1) is 0 Å². The van der Waals surface area contributed by atoms with Crippen molar-refractivity contribution in [2.24, 2.45) is 5.73 Å². The summed E-state index contributed by atoms with van der Waals surface area (Å²) in [5, 5.41) is 2.65. The number of anilines is 1. The first-order valence-corrected chi connectivity index (χ1v) is 5.42. The van der Waals surface area contributed by atoms with Gasteiger partial charge in [-0.3, -0.25) is 4.79 Å². The summed E-state index contributed by atoms with van der Waals surface area (Å²) < 4.78 is 10.2. The highest BCUT2D eigenvalue weighted by molar-refractivity contribution is 5.91. The molecule has 1 heterocycles. The van der Waals surface area contributed by atoms with E-state index in [0.717, 1.165) is 0 Å². The van der Waals surface area contributed by atoms with Gasteiger partial charge in [-0.1, -0.05) is 0 Å². The molecule has 0 aliphatic heterocycles. The van der Waals surface area contributed by atoms with Gasteiger partial charge in [-0.25, -0.2) is 4.98 Å². The smallest absolute Gasteiger partial charge is 0.250 e. The van der Waals surface area contributed by atoms with Crippen molar-refractivity contribution in [1.82, 2.24) is 4.98 Å². The minimum Gasteiger partial charge on any atom is -0.478 e. The Bertz CT molecular complexity index is 340. The molecular weight excluding hydrogens is 222 g/mol. The van der Waals surface area contributed by atoms with Crippen LogP contribution >= 0.6 is 0 Å².